The van der Waals surface area contributed by atoms with Crippen LogP contribution in [0.25, 0.3) is 10.4 Å². The minimum absolute atomic E-state index is 0.648. The highest BCUT2D eigenvalue weighted by Crippen LogP contribution is 2.27. The van der Waals surface area contributed by atoms with Crippen molar-refractivity contribution in [2.24, 2.45) is 5.73 Å². The minimum Gasteiger partial charge on any atom is -0.497 e. The molecule has 4 heteroatoms. The zero-order valence-corrected chi connectivity index (χ0v) is 9.96. The van der Waals surface area contributed by atoms with Gasteiger partial charge in [0.1, 0.15) is 5.75 Å². The lowest BCUT2D eigenvalue weighted by Crippen LogP contribution is -2.01. The number of hydrogen-bond acceptors (Lipinski definition) is 4. The summed E-state index contributed by atoms with van der Waals surface area (Å²) in [6.45, 7) is 0.648. The van der Waals surface area contributed by atoms with Crippen LogP contribution in [0.2, 0.25) is 0 Å². The third-order valence-corrected chi connectivity index (χ3v) is 3.39. The van der Waals surface area contributed by atoms with Crippen LogP contribution in [0.5, 0.6) is 5.75 Å². The van der Waals surface area contributed by atoms with E-state index in [0.717, 1.165) is 17.2 Å². The lowest BCUT2D eigenvalue weighted by molar-refractivity contribution is 0.415. The van der Waals surface area contributed by atoms with E-state index in [1.165, 1.54) is 10.4 Å². The first-order valence-electron chi connectivity index (χ1n) is 5.12. The summed E-state index contributed by atoms with van der Waals surface area (Å²) >= 11 is 1.69. The molecule has 1 heterocycles. The Labute approximate surface area is 98.9 Å². The van der Waals surface area contributed by atoms with E-state index in [1.54, 1.807) is 18.4 Å². The van der Waals surface area contributed by atoms with E-state index >= 15 is 0 Å². The fraction of sp³-hybridized carbons (Fsp3) is 0.250. The molecule has 1 aromatic heterocycles. The number of nitrogens with zero attached hydrogens (tertiary/aromatic N) is 1. The molecule has 2 rings (SSSR count). The second-order valence-electron chi connectivity index (χ2n) is 3.39. The maximum atomic E-state index is 5.50. The second kappa shape index (κ2) is 5.09. The second-order valence-corrected chi connectivity index (χ2v) is 4.50. The van der Waals surface area contributed by atoms with Gasteiger partial charge in [0.25, 0.3) is 0 Å². The number of ether oxygens (including phenoxy) is 1. The quantitative estimate of drug-likeness (QED) is 0.883. The molecule has 0 saturated heterocycles. The van der Waals surface area contributed by atoms with Crippen LogP contribution in [0.3, 0.4) is 0 Å². The fourth-order valence-electron chi connectivity index (χ4n) is 1.44. The fourth-order valence-corrected chi connectivity index (χ4v) is 2.38. The number of thiazole rings is 1. The van der Waals surface area contributed by atoms with Gasteiger partial charge in [-0.05, 0) is 36.4 Å². The molecule has 2 N–H and O–H groups in total. The zero-order valence-electron chi connectivity index (χ0n) is 9.14. The zero-order chi connectivity index (χ0) is 11.4. The summed E-state index contributed by atoms with van der Waals surface area (Å²) in [5.74, 6) is 0.871. The number of benzene rings is 1. The molecule has 84 valence electrons. The molecule has 0 aliphatic heterocycles. The lowest BCUT2D eigenvalue weighted by Gasteiger charge is -2.00. The number of nitrogens with two attached hydrogens (primary N) is 1. The van der Waals surface area contributed by atoms with Gasteiger partial charge in [-0.25, -0.2) is 4.98 Å². The molecule has 0 saturated carbocycles. The summed E-state index contributed by atoms with van der Waals surface area (Å²) in [7, 11) is 1.67. The highest BCUT2D eigenvalue weighted by molar-refractivity contribution is 7.15. The van der Waals surface area contributed by atoms with Gasteiger partial charge in [0.05, 0.1) is 17.0 Å². The summed E-state index contributed by atoms with van der Waals surface area (Å²) in [5, 5.41) is 1.09. The first-order chi connectivity index (χ1) is 7.83. The van der Waals surface area contributed by atoms with E-state index in [9.17, 15) is 0 Å². The van der Waals surface area contributed by atoms with Crippen molar-refractivity contribution in [1.29, 1.82) is 0 Å². The monoisotopic (exact) mass is 234 g/mol. The molecule has 0 aliphatic rings. The Morgan fingerprint density at radius 1 is 1.31 bits per heavy atom. The third kappa shape index (κ3) is 2.40. The van der Waals surface area contributed by atoms with Crippen LogP contribution in [0.4, 0.5) is 0 Å². The normalized spacial score (nSPS) is 10.4. The van der Waals surface area contributed by atoms with Crippen LogP contribution < -0.4 is 10.5 Å². The molecular weight excluding hydrogens is 220 g/mol. The predicted molar refractivity (Wildman–Crippen MR) is 66.9 cm³/mol. The van der Waals surface area contributed by atoms with Gasteiger partial charge in [0.15, 0.2) is 0 Å². The van der Waals surface area contributed by atoms with Crippen molar-refractivity contribution in [2.45, 2.75) is 6.42 Å². The van der Waals surface area contributed by atoms with Gasteiger partial charge in [-0.1, -0.05) is 0 Å². The van der Waals surface area contributed by atoms with Crippen LogP contribution in [0.15, 0.2) is 30.5 Å². The first kappa shape index (κ1) is 11.1. The summed E-state index contributed by atoms with van der Waals surface area (Å²) < 4.78 is 5.12. The van der Waals surface area contributed by atoms with Crippen molar-refractivity contribution >= 4 is 11.3 Å². The summed E-state index contributed by atoms with van der Waals surface area (Å²) in [6.07, 6.45) is 2.75. The molecule has 0 amide bonds. The molecule has 0 atom stereocenters. The van der Waals surface area contributed by atoms with E-state index in [-0.39, 0.29) is 0 Å². The van der Waals surface area contributed by atoms with Crippen LogP contribution >= 0.6 is 11.3 Å². The number of hydrogen-bond donors (Lipinski definition) is 1. The molecule has 0 radical (unpaired) electrons. The molecule has 16 heavy (non-hydrogen) atoms. The maximum Gasteiger partial charge on any atom is 0.118 e. The molecule has 3 nitrogen and oxygen atoms in total. The Bertz CT molecular complexity index is 450. The largest absolute Gasteiger partial charge is 0.497 e. The van der Waals surface area contributed by atoms with Gasteiger partial charge in [-0.2, -0.15) is 0 Å². The number of methoxy groups -OCH3 is 1. The van der Waals surface area contributed by atoms with Crippen LogP contribution in [0, 0.1) is 0 Å². The van der Waals surface area contributed by atoms with Crippen molar-refractivity contribution in [3.8, 4) is 16.2 Å². The highest BCUT2D eigenvalue weighted by atomic mass is 32.1. The smallest absolute Gasteiger partial charge is 0.118 e. The topological polar surface area (TPSA) is 48.1 Å². The van der Waals surface area contributed by atoms with Crippen molar-refractivity contribution in [3.63, 3.8) is 0 Å². The first-order valence-corrected chi connectivity index (χ1v) is 5.94. The van der Waals surface area contributed by atoms with E-state index in [0.29, 0.717) is 6.54 Å². The number of aromatic nitrogens is 1. The van der Waals surface area contributed by atoms with Crippen molar-refractivity contribution in [1.82, 2.24) is 4.98 Å². The molecule has 0 bridgehead atoms. The van der Waals surface area contributed by atoms with Gasteiger partial charge in [0, 0.05) is 12.6 Å². The van der Waals surface area contributed by atoms with Crippen molar-refractivity contribution in [2.75, 3.05) is 13.7 Å². The molecule has 2 aromatic rings. The third-order valence-electron chi connectivity index (χ3n) is 2.29. The van der Waals surface area contributed by atoms with Gasteiger partial charge in [0.2, 0.25) is 0 Å². The summed E-state index contributed by atoms with van der Waals surface area (Å²) in [6, 6.07) is 7.99. The maximum absolute atomic E-state index is 5.50. The van der Waals surface area contributed by atoms with Gasteiger partial charge >= 0.3 is 0 Å². The van der Waals surface area contributed by atoms with E-state index in [2.05, 4.69) is 4.98 Å². The summed E-state index contributed by atoms with van der Waals surface area (Å²) in [5.41, 5.74) is 6.66. The Balaban J connectivity index is 2.21. The average Bonchev–Trinajstić information content (AvgIpc) is 2.78. The van der Waals surface area contributed by atoms with Crippen molar-refractivity contribution < 1.29 is 4.74 Å². The van der Waals surface area contributed by atoms with Crippen LogP contribution in [-0.4, -0.2) is 18.6 Å². The molecule has 1 aromatic carbocycles. The minimum atomic E-state index is 0.648. The van der Waals surface area contributed by atoms with Gasteiger partial charge < -0.3 is 10.5 Å². The van der Waals surface area contributed by atoms with E-state index < -0.39 is 0 Å². The van der Waals surface area contributed by atoms with Crippen LogP contribution in [0.1, 0.15) is 5.01 Å². The Morgan fingerprint density at radius 3 is 2.69 bits per heavy atom. The van der Waals surface area contributed by atoms with Crippen molar-refractivity contribution in [3.05, 3.63) is 35.5 Å². The van der Waals surface area contributed by atoms with Crippen LogP contribution in [-0.2, 0) is 6.42 Å². The molecular formula is C12H14N2OS. The van der Waals surface area contributed by atoms with E-state index in [4.69, 9.17) is 10.5 Å². The standard InChI is InChI=1S/C12H14N2OS/c1-15-10-4-2-9(3-5-10)11-8-14-12(16-11)6-7-13/h2-5,8H,6-7,13H2,1H3. The Hall–Kier alpha value is -1.39. The molecule has 0 spiro atoms. The molecule has 0 aliphatic carbocycles. The van der Waals surface area contributed by atoms with E-state index in [1.807, 2.05) is 30.5 Å². The predicted octanol–water partition coefficient (Wildman–Crippen LogP) is 2.32. The highest BCUT2D eigenvalue weighted by Gasteiger charge is 2.03. The lowest BCUT2D eigenvalue weighted by atomic mass is 10.2. The molecule has 0 unspecified atom stereocenters. The van der Waals surface area contributed by atoms with Gasteiger partial charge in [-0.15, -0.1) is 11.3 Å². The SMILES string of the molecule is COc1ccc(-c2cnc(CCN)s2)cc1. The Morgan fingerprint density at radius 2 is 2.06 bits per heavy atom. The average molecular weight is 234 g/mol. The number of rotatable bonds is 4. The molecule has 0 fully saturated rings. The Kier molecular flexibility index (Phi) is 3.54. The van der Waals surface area contributed by atoms with Gasteiger partial charge in [-0.3, -0.25) is 0 Å². The summed E-state index contributed by atoms with van der Waals surface area (Å²) in [4.78, 5) is 5.50.